The van der Waals surface area contributed by atoms with Crippen molar-refractivity contribution in [3.05, 3.63) is 41.5 Å². The maximum atomic E-state index is 12.9. The molecule has 2 aliphatic carbocycles. The lowest BCUT2D eigenvalue weighted by molar-refractivity contribution is -0.146. The standard InChI is InChI=1S/C21H23NO7/c1-3-28-20(26)13-8-14(21(27)29-4-2)10-15(9-13)22-18(23)16-11-5-6-12(7-11)17(16)19(24)25/h5-6,8-12,16-17H,3-4,7H2,1-2H3,(H,22,23)(H,24,25)/t11-,12-,16-,17+/m0/s1. The van der Waals surface area contributed by atoms with E-state index in [1.54, 1.807) is 13.8 Å². The normalized spacial score (nSPS) is 24.2. The van der Waals surface area contributed by atoms with Gasteiger partial charge in [0, 0.05) is 5.69 Å². The lowest BCUT2D eigenvalue weighted by atomic mass is 9.82. The fourth-order valence-corrected chi connectivity index (χ4v) is 4.11. The molecule has 0 heterocycles. The van der Waals surface area contributed by atoms with Crippen LogP contribution in [0.5, 0.6) is 0 Å². The van der Waals surface area contributed by atoms with E-state index in [1.165, 1.54) is 18.2 Å². The summed E-state index contributed by atoms with van der Waals surface area (Å²) < 4.78 is 9.96. The third-order valence-electron chi connectivity index (χ3n) is 5.27. The molecule has 0 spiro atoms. The first-order valence-electron chi connectivity index (χ1n) is 9.57. The van der Waals surface area contributed by atoms with Gasteiger partial charge >= 0.3 is 17.9 Å². The van der Waals surface area contributed by atoms with Gasteiger partial charge in [-0.1, -0.05) is 12.2 Å². The number of nitrogens with one attached hydrogen (secondary N) is 1. The quantitative estimate of drug-likeness (QED) is 0.532. The highest BCUT2D eigenvalue weighted by molar-refractivity contribution is 6.01. The smallest absolute Gasteiger partial charge is 0.338 e. The molecule has 8 heteroatoms. The van der Waals surface area contributed by atoms with Gasteiger partial charge < -0.3 is 19.9 Å². The van der Waals surface area contributed by atoms with Crippen molar-refractivity contribution in [2.75, 3.05) is 18.5 Å². The monoisotopic (exact) mass is 401 g/mol. The van der Waals surface area contributed by atoms with Crippen LogP contribution in [-0.2, 0) is 19.1 Å². The minimum atomic E-state index is -1.01. The van der Waals surface area contributed by atoms with Crippen molar-refractivity contribution < 1.29 is 33.8 Å². The van der Waals surface area contributed by atoms with Gasteiger partial charge in [-0.3, -0.25) is 9.59 Å². The fraction of sp³-hybridized carbons (Fsp3) is 0.429. The number of carboxylic acid groups (broad SMARTS) is 1. The summed E-state index contributed by atoms with van der Waals surface area (Å²) in [6, 6.07) is 4.14. The number of carboxylic acids is 1. The molecule has 154 valence electrons. The Morgan fingerprint density at radius 2 is 1.45 bits per heavy atom. The lowest BCUT2D eigenvalue weighted by Gasteiger charge is -2.24. The third-order valence-corrected chi connectivity index (χ3v) is 5.27. The molecule has 4 atom stereocenters. The number of carbonyl (C=O) groups is 4. The number of carbonyl (C=O) groups excluding carboxylic acids is 3. The zero-order valence-electron chi connectivity index (χ0n) is 16.2. The molecule has 2 bridgehead atoms. The van der Waals surface area contributed by atoms with Gasteiger partial charge in [0.25, 0.3) is 0 Å². The molecule has 0 radical (unpaired) electrons. The van der Waals surface area contributed by atoms with E-state index in [2.05, 4.69) is 5.32 Å². The second kappa shape index (κ2) is 8.46. The summed E-state index contributed by atoms with van der Waals surface area (Å²) in [5.41, 5.74) is 0.394. The number of anilines is 1. The molecule has 0 aliphatic heterocycles. The molecule has 1 saturated carbocycles. The molecule has 0 unspecified atom stereocenters. The highest BCUT2D eigenvalue weighted by Gasteiger charge is 2.51. The maximum Gasteiger partial charge on any atom is 0.338 e. The Labute approximate surface area is 167 Å². The molecule has 1 amide bonds. The van der Waals surface area contributed by atoms with Crippen molar-refractivity contribution in [3.63, 3.8) is 0 Å². The number of amides is 1. The number of esters is 2. The van der Waals surface area contributed by atoms with Gasteiger partial charge in [0.1, 0.15) is 0 Å². The Balaban J connectivity index is 1.88. The number of hydrogen-bond acceptors (Lipinski definition) is 6. The zero-order valence-corrected chi connectivity index (χ0v) is 16.2. The van der Waals surface area contributed by atoms with E-state index in [1.807, 2.05) is 12.2 Å². The molecule has 2 N–H and O–H groups in total. The topological polar surface area (TPSA) is 119 Å². The van der Waals surface area contributed by atoms with E-state index in [4.69, 9.17) is 9.47 Å². The number of allylic oxidation sites excluding steroid dienone is 2. The summed E-state index contributed by atoms with van der Waals surface area (Å²) >= 11 is 0. The summed E-state index contributed by atoms with van der Waals surface area (Å²) in [4.78, 5) is 48.8. The van der Waals surface area contributed by atoms with Crippen LogP contribution in [0, 0.1) is 23.7 Å². The van der Waals surface area contributed by atoms with Gasteiger partial charge in [0.05, 0.1) is 36.2 Å². The van der Waals surface area contributed by atoms with Crippen molar-refractivity contribution in [2.24, 2.45) is 23.7 Å². The van der Waals surface area contributed by atoms with Crippen molar-refractivity contribution >= 4 is 29.5 Å². The Bertz CT molecular complexity index is 840. The zero-order chi connectivity index (χ0) is 21.1. The summed E-state index contributed by atoms with van der Waals surface area (Å²) in [7, 11) is 0. The Kier molecular flexibility index (Phi) is 6.00. The van der Waals surface area contributed by atoms with Gasteiger partial charge in [-0.2, -0.15) is 0 Å². The van der Waals surface area contributed by atoms with Crippen LogP contribution in [0.3, 0.4) is 0 Å². The highest BCUT2D eigenvalue weighted by atomic mass is 16.5. The van der Waals surface area contributed by atoms with Crippen LogP contribution in [0.15, 0.2) is 30.4 Å². The molecule has 1 aromatic rings. The summed E-state index contributed by atoms with van der Waals surface area (Å²) in [6.45, 7) is 3.62. The van der Waals surface area contributed by atoms with Crippen LogP contribution in [-0.4, -0.2) is 42.1 Å². The lowest BCUT2D eigenvalue weighted by Crippen LogP contribution is -2.36. The van der Waals surface area contributed by atoms with E-state index in [-0.39, 0.29) is 41.9 Å². The van der Waals surface area contributed by atoms with Crippen LogP contribution < -0.4 is 5.32 Å². The molecule has 8 nitrogen and oxygen atoms in total. The van der Waals surface area contributed by atoms with E-state index in [0.717, 1.165) is 0 Å². The van der Waals surface area contributed by atoms with Crippen molar-refractivity contribution in [1.82, 2.24) is 0 Å². The number of aliphatic carboxylic acids is 1. The largest absolute Gasteiger partial charge is 0.481 e. The maximum absolute atomic E-state index is 12.9. The molecule has 29 heavy (non-hydrogen) atoms. The molecule has 3 rings (SSSR count). The number of fused-ring (bicyclic) bond motifs is 2. The van der Waals surface area contributed by atoms with Gasteiger partial charge in [-0.25, -0.2) is 9.59 Å². The molecule has 0 aromatic heterocycles. The molecule has 2 aliphatic rings. The number of rotatable bonds is 7. The van der Waals surface area contributed by atoms with E-state index < -0.39 is 35.7 Å². The first-order valence-corrected chi connectivity index (χ1v) is 9.57. The number of benzene rings is 1. The minimum absolute atomic E-state index is 0.0929. The van der Waals surface area contributed by atoms with Crippen LogP contribution in [0.25, 0.3) is 0 Å². The average Bonchev–Trinajstić information content (AvgIpc) is 3.29. The average molecular weight is 401 g/mol. The highest BCUT2D eigenvalue weighted by Crippen LogP contribution is 2.48. The van der Waals surface area contributed by atoms with Gasteiger partial charge in [-0.15, -0.1) is 0 Å². The molecule has 1 fully saturated rings. The third kappa shape index (κ3) is 4.16. The summed E-state index contributed by atoms with van der Waals surface area (Å²) in [5, 5.41) is 12.2. The SMILES string of the molecule is CCOC(=O)c1cc(NC(=O)[C@@H]2[C@H](C(=O)O)[C@H]3C=C[C@H]2C3)cc(C(=O)OCC)c1. The van der Waals surface area contributed by atoms with Gasteiger partial charge in [0.2, 0.25) is 5.91 Å². The molecular formula is C21H23NO7. The number of ether oxygens (including phenoxy) is 2. The van der Waals surface area contributed by atoms with E-state index in [0.29, 0.717) is 6.42 Å². The second-order valence-corrected chi connectivity index (χ2v) is 7.07. The first-order chi connectivity index (χ1) is 13.8. The summed E-state index contributed by atoms with van der Waals surface area (Å²) in [5.74, 6) is -4.53. The minimum Gasteiger partial charge on any atom is -0.481 e. The second-order valence-electron chi connectivity index (χ2n) is 7.07. The van der Waals surface area contributed by atoms with E-state index in [9.17, 15) is 24.3 Å². The summed E-state index contributed by atoms with van der Waals surface area (Å²) in [6.07, 6.45) is 4.37. The van der Waals surface area contributed by atoms with Crippen molar-refractivity contribution in [3.8, 4) is 0 Å². The van der Waals surface area contributed by atoms with Crippen LogP contribution in [0.4, 0.5) is 5.69 Å². The molecule has 1 aromatic carbocycles. The number of hydrogen-bond donors (Lipinski definition) is 2. The van der Waals surface area contributed by atoms with Crippen molar-refractivity contribution in [1.29, 1.82) is 0 Å². The molecular weight excluding hydrogens is 378 g/mol. The van der Waals surface area contributed by atoms with Gasteiger partial charge in [0.15, 0.2) is 0 Å². The Hall–Kier alpha value is -3.16. The van der Waals surface area contributed by atoms with Gasteiger partial charge in [-0.05, 0) is 50.3 Å². The van der Waals surface area contributed by atoms with Crippen LogP contribution in [0.1, 0.15) is 41.0 Å². The Morgan fingerprint density at radius 1 is 0.931 bits per heavy atom. The Morgan fingerprint density at radius 3 is 1.93 bits per heavy atom. The van der Waals surface area contributed by atoms with E-state index >= 15 is 0 Å². The fourth-order valence-electron chi connectivity index (χ4n) is 4.11. The van der Waals surface area contributed by atoms with Crippen molar-refractivity contribution in [2.45, 2.75) is 20.3 Å². The van der Waals surface area contributed by atoms with Crippen LogP contribution >= 0.6 is 0 Å². The molecule has 0 saturated heterocycles. The predicted octanol–water partition coefficient (Wildman–Crippen LogP) is 2.50. The predicted molar refractivity (Wildman–Crippen MR) is 102 cm³/mol. The van der Waals surface area contributed by atoms with Crippen LogP contribution in [0.2, 0.25) is 0 Å². The first kappa shape index (κ1) is 20.6.